The maximum atomic E-state index is 12.5. The van der Waals surface area contributed by atoms with Crippen molar-refractivity contribution in [2.24, 2.45) is 10.2 Å². The fourth-order valence-corrected chi connectivity index (χ4v) is 2.77. The van der Waals surface area contributed by atoms with Gasteiger partial charge < -0.3 is 16.0 Å². The summed E-state index contributed by atoms with van der Waals surface area (Å²) >= 11 is 0. The maximum Gasteiger partial charge on any atom is 0.258 e. The summed E-state index contributed by atoms with van der Waals surface area (Å²) in [5, 5.41) is 15.6. The summed E-state index contributed by atoms with van der Waals surface area (Å²) in [5.41, 5.74) is 2.77. The van der Waals surface area contributed by atoms with Crippen molar-refractivity contribution in [2.75, 3.05) is 17.7 Å². The number of hydrogen-bond acceptors (Lipinski definition) is 6. The number of hydrogen-bond donors (Lipinski definition) is 3. The van der Waals surface area contributed by atoms with Gasteiger partial charge in [0.15, 0.2) is 5.78 Å². The lowest BCUT2D eigenvalue weighted by Gasteiger charge is -2.10. The average molecular weight is 393 g/mol. The van der Waals surface area contributed by atoms with Crippen LogP contribution in [0.15, 0.2) is 52.7 Å². The van der Waals surface area contributed by atoms with Gasteiger partial charge in [0.1, 0.15) is 0 Å². The molecule has 0 radical (unpaired) electrons. The number of carbonyl (C=O) groups excluding carboxylic acids is 4. The van der Waals surface area contributed by atoms with Crippen LogP contribution in [0, 0.1) is 0 Å². The molecule has 0 saturated heterocycles. The highest BCUT2D eigenvalue weighted by atomic mass is 16.2. The van der Waals surface area contributed by atoms with Crippen LogP contribution in [0.4, 0.5) is 17.1 Å². The van der Waals surface area contributed by atoms with Crippen molar-refractivity contribution in [3.63, 3.8) is 0 Å². The lowest BCUT2D eigenvalue weighted by Crippen LogP contribution is -2.31. The number of rotatable bonds is 6. The number of amides is 3. The Morgan fingerprint density at radius 3 is 2.48 bits per heavy atom. The van der Waals surface area contributed by atoms with Crippen molar-refractivity contribution < 1.29 is 19.2 Å². The van der Waals surface area contributed by atoms with Gasteiger partial charge in [-0.05, 0) is 48.9 Å². The molecule has 9 nitrogen and oxygen atoms in total. The van der Waals surface area contributed by atoms with Gasteiger partial charge in [-0.25, -0.2) is 0 Å². The predicted molar refractivity (Wildman–Crippen MR) is 106 cm³/mol. The monoisotopic (exact) mass is 393 g/mol. The minimum atomic E-state index is -1.32. The molecule has 0 bridgehead atoms. The number of anilines is 2. The van der Waals surface area contributed by atoms with Gasteiger partial charge in [-0.3, -0.25) is 19.2 Å². The Labute approximate surface area is 166 Å². The summed E-state index contributed by atoms with van der Waals surface area (Å²) in [4.78, 5) is 47.4. The molecular weight excluding hydrogens is 374 g/mol. The summed E-state index contributed by atoms with van der Waals surface area (Å²) < 4.78 is 0. The number of ketones is 1. The number of benzene rings is 2. The molecule has 0 saturated carbocycles. The van der Waals surface area contributed by atoms with Gasteiger partial charge in [-0.15, -0.1) is 0 Å². The summed E-state index contributed by atoms with van der Waals surface area (Å²) in [5.74, 6) is -1.45. The van der Waals surface area contributed by atoms with Crippen molar-refractivity contribution in [1.82, 2.24) is 5.32 Å². The molecule has 1 aliphatic rings. The molecule has 2 aromatic carbocycles. The highest BCUT2D eigenvalue weighted by molar-refractivity contribution is 6.10. The second kappa shape index (κ2) is 8.42. The van der Waals surface area contributed by atoms with Gasteiger partial charge in [0, 0.05) is 24.0 Å². The van der Waals surface area contributed by atoms with Crippen LogP contribution in [0.5, 0.6) is 0 Å². The Morgan fingerprint density at radius 2 is 1.83 bits per heavy atom. The standard InChI is InChI=1S/C20H19N5O4/c1-11(26)18(25-24-14-6-3-12(4-7-14)19(28)21-2)20(29)22-15-8-5-13-9-17(27)23-16(13)10-15/h3-8,10,18H,9H2,1-2H3,(H,21,28)(H,22,29)(H,23,27). The second-order valence-corrected chi connectivity index (χ2v) is 6.44. The Morgan fingerprint density at radius 1 is 1.10 bits per heavy atom. The third-order valence-corrected chi connectivity index (χ3v) is 4.28. The van der Waals surface area contributed by atoms with Crippen molar-refractivity contribution in [1.29, 1.82) is 0 Å². The molecule has 1 unspecified atom stereocenters. The lowest BCUT2D eigenvalue weighted by molar-refractivity contribution is -0.126. The van der Waals surface area contributed by atoms with Crippen LogP contribution in [-0.4, -0.2) is 36.6 Å². The third-order valence-electron chi connectivity index (χ3n) is 4.28. The van der Waals surface area contributed by atoms with E-state index in [1.807, 2.05) is 0 Å². The first-order chi connectivity index (χ1) is 13.9. The van der Waals surface area contributed by atoms with E-state index in [1.54, 1.807) is 42.5 Å². The molecule has 1 heterocycles. The number of nitrogens with zero attached hydrogens (tertiary/aromatic N) is 2. The van der Waals surface area contributed by atoms with Gasteiger partial charge in [0.05, 0.1) is 12.1 Å². The zero-order valence-corrected chi connectivity index (χ0v) is 15.9. The number of Topliss-reactive ketones (excluding diaryl/α,β-unsaturated/α-hetero) is 1. The van der Waals surface area contributed by atoms with Gasteiger partial charge in [-0.1, -0.05) is 6.07 Å². The molecule has 2 aromatic rings. The van der Waals surface area contributed by atoms with Crippen molar-refractivity contribution in [2.45, 2.75) is 19.4 Å². The minimum Gasteiger partial charge on any atom is -0.355 e. The lowest BCUT2D eigenvalue weighted by atomic mass is 10.1. The highest BCUT2D eigenvalue weighted by Gasteiger charge is 2.24. The third kappa shape index (κ3) is 4.70. The van der Waals surface area contributed by atoms with Crippen LogP contribution in [0.1, 0.15) is 22.8 Å². The van der Waals surface area contributed by atoms with E-state index < -0.39 is 17.7 Å². The van der Waals surface area contributed by atoms with Crippen molar-refractivity contribution in [3.8, 4) is 0 Å². The van der Waals surface area contributed by atoms with Crippen LogP contribution >= 0.6 is 0 Å². The van der Waals surface area contributed by atoms with Gasteiger partial charge in [0.25, 0.3) is 11.8 Å². The van der Waals surface area contributed by atoms with E-state index >= 15 is 0 Å². The first-order valence-corrected chi connectivity index (χ1v) is 8.84. The van der Waals surface area contributed by atoms with E-state index in [-0.39, 0.29) is 11.8 Å². The number of carbonyl (C=O) groups is 4. The van der Waals surface area contributed by atoms with Crippen molar-refractivity contribution >= 4 is 40.6 Å². The van der Waals surface area contributed by atoms with E-state index in [1.165, 1.54) is 14.0 Å². The largest absolute Gasteiger partial charge is 0.355 e. The summed E-state index contributed by atoms with van der Waals surface area (Å²) in [7, 11) is 1.53. The number of azo groups is 1. The quantitative estimate of drug-likeness (QED) is 0.513. The molecule has 148 valence electrons. The van der Waals surface area contributed by atoms with E-state index in [9.17, 15) is 19.2 Å². The molecule has 29 heavy (non-hydrogen) atoms. The van der Waals surface area contributed by atoms with Gasteiger partial charge >= 0.3 is 0 Å². The van der Waals surface area contributed by atoms with Crippen LogP contribution < -0.4 is 16.0 Å². The van der Waals surface area contributed by atoms with E-state index in [0.717, 1.165) is 5.56 Å². The molecule has 3 rings (SSSR count). The average Bonchev–Trinajstić information content (AvgIpc) is 3.07. The predicted octanol–water partition coefficient (Wildman–Crippen LogP) is 2.22. The van der Waals surface area contributed by atoms with E-state index in [0.29, 0.717) is 29.0 Å². The smallest absolute Gasteiger partial charge is 0.258 e. The second-order valence-electron chi connectivity index (χ2n) is 6.44. The molecule has 3 amide bonds. The Balaban J connectivity index is 1.71. The van der Waals surface area contributed by atoms with E-state index in [4.69, 9.17) is 0 Å². The molecule has 0 aliphatic carbocycles. The molecule has 9 heteroatoms. The summed E-state index contributed by atoms with van der Waals surface area (Å²) in [6.07, 6.45) is 0.298. The maximum absolute atomic E-state index is 12.5. The van der Waals surface area contributed by atoms with Crippen LogP contribution in [0.3, 0.4) is 0 Å². The zero-order valence-electron chi connectivity index (χ0n) is 15.9. The summed E-state index contributed by atoms with van der Waals surface area (Å²) in [6.45, 7) is 1.25. The Hall–Kier alpha value is -3.88. The van der Waals surface area contributed by atoms with Crippen LogP contribution in [-0.2, 0) is 20.8 Å². The SMILES string of the molecule is CNC(=O)c1ccc(N=NC(C(C)=O)C(=O)Nc2ccc3c(c2)NC(=O)C3)cc1. The topological polar surface area (TPSA) is 129 Å². The molecule has 0 spiro atoms. The Kier molecular flexibility index (Phi) is 5.77. The van der Waals surface area contributed by atoms with E-state index in [2.05, 4.69) is 26.2 Å². The molecule has 0 aromatic heterocycles. The molecular formula is C20H19N5O4. The molecule has 1 atom stereocenters. The highest BCUT2D eigenvalue weighted by Crippen LogP contribution is 2.26. The first kappa shape index (κ1) is 19.9. The van der Waals surface area contributed by atoms with Crippen LogP contribution in [0.2, 0.25) is 0 Å². The molecule has 3 N–H and O–H groups in total. The van der Waals surface area contributed by atoms with Crippen LogP contribution in [0.25, 0.3) is 0 Å². The fourth-order valence-electron chi connectivity index (χ4n) is 2.77. The first-order valence-electron chi connectivity index (χ1n) is 8.84. The normalized spacial score (nSPS) is 13.5. The fraction of sp³-hybridized carbons (Fsp3) is 0.200. The number of fused-ring (bicyclic) bond motifs is 1. The zero-order chi connectivity index (χ0) is 21.0. The van der Waals surface area contributed by atoms with Gasteiger partial charge in [0.2, 0.25) is 11.9 Å². The molecule has 0 fully saturated rings. The van der Waals surface area contributed by atoms with Crippen molar-refractivity contribution in [3.05, 3.63) is 53.6 Å². The Bertz CT molecular complexity index is 1010. The minimum absolute atomic E-state index is 0.110. The summed E-state index contributed by atoms with van der Waals surface area (Å²) in [6, 6.07) is 9.95. The molecule has 1 aliphatic heterocycles. The number of nitrogens with one attached hydrogen (secondary N) is 3. The van der Waals surface area contributed by atoms with Gasteiger partial charge in [-0.2, -0.15) is 10.2 Å².